The van der Waals surface area contributed by atoms with E-state index in [1.807, 2.05) is 32.0 Å². The van der Waals surface area contributed by atoms with Gasteiger partial charge in [0.1, 0.15) is 0 Å². The molecule has 1 N–H and O–H groups in total. The standard InChI is InChI=1S/C12H19N3O2/c1-10-7-11(9-12(8-10)15(16)17)14(3)6-4-5-13-2/h7-9,13H,4-6H2,1-3H3. The van der Waals surface area contributed by atoms with Gasteiger partial charge in [-0.25, -0.2) is 0 Å². The third kappa shape index (κ3) is 4.03. The number of nitro benzene ring substituents is 1. The Kier molecular flexibility index (Phi) is 4.90. The van der Waals surface area contributed by atoms with Crippen LogP contribution in [0.1, 0.15) is 12.0 Å². The summed E-state index contributed by atoms with van der Waals surface area (Å²) < 4.78 is 0. The zero-order valence-electron chi connectivity index (χ0n) is 10.6. The summed E-state index contributed by atoms with van der Waals surface area (Å²) in [5.74, 6) is 0. The van der Waals surface area contributed by atoms with E-state index >= 15 is 0 Å². The molecule has 1 aromatic carbocycles. The van der Waals surface area contributed by atoms with Crippen molar-refractivity contribution in [2.75, 3.05) is 32.1 Å². The Morgan fingerprint density at radius 2 is 2.12 bits per heavy atom. The number of rotatable bonds is 6. The topological polar surface area (TPSA) is 58.4 Å². The number of anilines is 1. The summed E-state index contributed by atoms with van der Waals surface area (Å²) in [6, 6.07) is 5.17. The lowest BCUT2D eigenvalue weighted by atomic mass is 10.2. The maximum absolute atomic E-state index is 10.8. The molecule has 1 rings (SSSR count). The van der Waals surface area contributed by atoms with Crippen LogP contribution in [0.5, 0.6) is 0 Å². The van der Waals surface area contributed by atoms with Crippen molar-refractivity contribution in [3.05, 3.63) is 33.9 Å². The summed E-state index contributed by atoms with van der Waals surface area (Å²) in [7, 11) is 3.87. The van der Waals surface area contributed by atoms with Crippen LogP contribution in [0.4, 0.5) is 11.4 Å². The second-order valence-corrected chi connectivity index (χ2v) is 4.16. The summed E-state index contributed by atoms with van der Waals surface area (Å²) in [4.78, 5) is 12.5. The van der Waals surface area contributed by atoms with E-state index in [-0.39, 0.29) is 10.6 Å². The minimum absolute atomic E-state index is 0.153. The summed E-state index contributed by atoms with van der Waals surface area (Å²) >= 11 is 0. The van der Waals surface area contributed by atoms with Crippen molar-refractivity contribution >= 4 is 11.4 Å². The Hall–Kier alpha value is -1.62. The molecule has 5 heteroatoms. The van der Waals surface area contributed by atoms with Crippen LogP contribution >= 0.6 is 0 Å². The third-order valence-corrected chi connectivity index (χ3v) is 2.62. The molecule has 0 aliphatic carbocycles. The van der Waals surface area contributed by atoms with E-state index < -0.39 is 0 Å². The number of hydrogen-bond donors (Lipinski definition) is 1. The van der Waals surface area contributed by atoms with Crippen molar-refractivity contribution < 1.29 is 4.92 Å². The lowest BCUT2D eigenvalue weighted by molar-refractivity contribution is -0.384. The van der Waals surface area contributed by atoms with Crippen LogP contribution in [0.3, 0.4) is 0 Å². The molecule has 0 atom stereocenters. The molecule has 0 saturated carbocycles. The normalized spacial score (nSPS) is 10.3. The molecule has 0 aromatic heterocycles. The average Bonchev–Trinajstić information content (AvgIpc) is 2.28. The van der Waals surface area contributed by atoms with Crippen molar-refractivity contribution in [3.8, 4) is 0 Å². The van der Waals surface area contributed by atoms with Gasteiger partial charge in [-0.3, -0.25) is 10.1 Å². The summed E-state index contributed by atoms with van der Waals surface area (Å²) in [6.07, 6.45) is 1.01. The van der Waals surface area contributed by atoms with Gasteiger partial charge >= 0.3 is 0 Å². The predicted molar refractivity (Wildman–Crippen MR) is 69.6 cm³/mol. The molecule has 0 heterocycles. The zero-order valence-corrected chi connectivity index (χ0v) is 10.6. The fourth-order valence-corrected chi connectivity index (χ4v) is 1.69. The van der Waals surface area contributed by atoms with Gasteiger partial charge in [0.25, 0.3) is 5.69 Å². The monoisotopic (exact) mass is 237 g/mol. The molecular formula is C12H19N3O2. The molecule has 0 saturated heterocycles. The third-order valence-electron chi connectivity index (χ3n) is 2.62. The van der Waals surface area contributed by atoms with Crippen molar-refractivity contribution in [2.45, 2.75) is 13.3 Å². The van der Waals surface area contributed by atoms with Gasteiger partial charge < -0.3 is 10.2 Å². The van der Waals surface area contributed by atoms with E-state index in [9.17, 15) is 10.1 Å². The van der Waals surface area contributed by atoms with Gasteiger partial charge in [0.05, 0.1) is 4.92 Å². The van der Waals surface area contributed by atoms with Gasteiger partial charge in [0, 0.05) is 31.4 Å². The highest BCUT2D eigenvalue weighted by atomic mass is 16.6. The van der Waals surface area contributed by atoms with Crippen LogP contribution in [-0.2, 0) is 0 Å². The highest BCUT2D eigenvalue weighted by Gasteiger charge is 2.10. The number of aryl methyl sites for hydroxylation is 1. The molecule has 0 amide bonds. The van der Waals surface area contributed by atoms with E-state index in [1.165, 1.54) is 0 Å². The number of hydrogen-bond acceptors (Lipinski definition) is 4. The highest BCUT2D eigenvalue weighted by Crippen LogP contribution is 2.22. The molecule has 94 valence electrons. The van der Waals surface area contributed by atoms with Crippen molar-refractivity contribution in [1.29, 1.82) is 0 Å². The van der Waals surface area contributed by atoms with Gasteiger partial charge in [-0.2, -0.15) is 0 Å². The fourth-order valence-electron chi connectivity index (χ4n) is 1.69. The second-order valence-electron chi connectivity index (χ2n) is 4.16. The van der Waals surface area contributed by atoms with Crippen molar-refractivity contribution in [2.24, 2.45) is 0 Å². The first kappa shape index (κ1) is 13.4. The van der Waals surface area contributed by atoms with E-state index in [4.69, 9.17) is 0 Å². The largest absolute Gasteiger partial charge is 0.374 e. The Bertz CT molecular complexity index is 393. The molecule has 0 spiro atoms. The van der Waals surface area contributed by atoms with Gasteiger partial charge in [0.15, 0.2) is 0 Å². The lowest BCUT2D eigenvalue weighted by Gasteiger charge is -2.19. The van der Waals surface area contributed by atoms with Crippen LogP contribution < -0.4 is 10.2 Å². The van der Waals surface area contributed by atoms with Gasteiger partial charge in [0.2, 0.25) is 0 Å². The smallest absolute Gasteiger partial charge is 0.271 e. The number of non-ortho nitro benzene ring substituents is 1. The molecule has 0 aliphatic rings. The number of nitrogens with zero attached hydrogens (tertiary/aromatic N) is 2. The first-order chi connectivity index (χ1) is 8.04. The first-order valence-electron chi connectivity index (χ1n) is 5.66. The van der Waals surface area contributed by atoms with E-state index in [0.29, 0.717) is 0 Å². The molecular weight excluding hydrogens is 218 g/mol. The van der Waals surface area contributed by atoms with E-state index in [2.05, 4.69) is 5.32 Å². The Morgan fingerprint density at radius 3 is 2.71 bits per heavy atom. The van der Waals surface area contributed by atoms with E-state index in [0.717, 1.165) is 30.8 Å². The van der Waals surface area contributed by atoms with Crippen molar-refractivity contribution in [3.63, 3.8) is 0 Å². The summed E-state index contributed by atoms with van der Waals surface area (Å²) in [5.41, 5.74) is 1.96. The predicted octanol–water partition coefficient (Wildman–Crippen LogP) is 1.95. The molecule has 5 nitrogen and oxygen atoms in total. The second kappa shape index (κ2) is 6.20. The van der Waals surface area contributed by atoms with Gasteiger partial charge in [-0.05, 0) is 38.6 Å². The maximum atomic E-state index is 10.8. The molecule has 0 unspecified atom stereocenters. The molecule has 0 aliphatic heterocycles. The summed E-state index contributed by atoms with van der Waals surface area (Å²) in [5, 5.41) is 13.8. The van der Waals surface area contributed by atoms with Gasteiger partial charge in [-0.15, -0.1) is 0 Å². The molecule has 0 radical (unpaired) electrons. The molecule has 1 aromatic rings. The fraction of sp³-hybridized carbons (Fsp3) is 0.500. The first-order valence-corrected chi connectivity index (χ1v) is 5.66. The quantitative estimate of drug-likeness (QED) is 0.467. The van der Waals surface area contributed by atoms with Gasteiger partial charge in [-0.1, -0.05) is 0 Å². The van der Waals surface area contributed by atoms with Crippen LogP contribution in [-0.4, -0.2) is 32.1 Å². The Morgan fingerprint density at radius 1 is 1.41 bits per heavy atom. The molecule has 17 heavy (non-hydrogen) atoms. The van der Waals surface area contributed by atoms with Crippen molar-refractivity contribution in [1.82, 2.24) is 5.32 Å². The Labute approximate surface area is 102 Å². The average molecular weight is 237 g/mol. The lowest BCUT2D eigenvalue weighted by Crippen LogP contribution is -2.22. The van der Waals surface area contributed by atoms with E-state index in [1.54, 1.807) is 12.1 Å². The van der Waals surface area contributed by atoms with Crippen LogP contribution in [0, 0.1) is 17.0 Å². The molecule has 0 bridgehead atoms. The molecule has 0 fully saturated rings. The minimum atomic E-state index is -0.349. The number of nitro groups is 1. The number of benzene rings is 1. The summed E-state index contributed by atoms with van der Waals surface area (Å²) in [6.45, 7) is 3.69. The van der Waals surface area contributed by atoms with Crippen LogP contribution in [0.2, 0.25) is 0 Å². The van der Waals surface area contributed by atoms with Crippen LogP contribution in [0.15, 0.2) is 18.2 Å². The highest BCUT2D eigenvalue weighted by molar-refractivity contribution is 5.55. The Balaban J connectivity index is 2.78. The number of nitrogens with one attached hydrogen (secondary N) is 1. The van der Waals surface area contributed by atoms with Crippen LogP contribution in [0.25, 0.3) is 0 Å². The minimum Gasteiger partial charge on any atom is -0.374 e. The zero-order chi connectivity index (χ0) is 12.8. The maximum Gasteiger partial charge on any atom is 0.271 e. The SMILES string of the molecule is CNCCCN(C)c1cc(C)cc([N+](=O)[O-])c1.